The van der Waals surface area contributed by atoms with E-state index in [2.05, 4.69) is 5.32 Å². The maximum Gasteiger partial charge on any atom is 0.164 e. The number of halogens is 1. The predicted octanol–water partition coefficient (Wildman–Crippen LogP) is 2.39. The number of hydrogen-bond donors (Lipinski definition) is 2. The highest BCUT2D eigenvalue weighted by Crippen LogP contribution is 2.34. The second-order valence-corrected chi connectivity index (χ2v) is 4.48. The van der Waals surface area contributed by atoms with E-state index in [0.717, 1.165) is 37.1 Å². The smallest absolute Gasteiger partial charge is 0.164 e. The van der Waals surface area contributed by atoms with Crippen LogP contribution in [-0.2, 0) is 6.54 Å². The van der Waals surface area contributed by atoms with Gasteiger partial charge in [-0.05, 0) is 31.9 Å². The van der Waals surface area contributed by atoms with E-state index in [1.165, 1.54) is 0 Å². The summed E-state index contributed by atoms with van der Waals surface area (Å²) in [6.07, 6.45) is 2.95. The van der Waals surface area contributed by atoms with Crippen LogP contribution >= 0.6 is 12.4 Å². The lowest BCUT2D eigenvalue weighted by molar-refractivity contribution is 0.283. The lowest BCUT2D eigenvalue weighted by Crippen LogP contribution is -2.15. The second-order valence-electron chi connectivity index (χ2n) is 4.48. The number of nitrogens with one attached hydrogen (secondary N) is 1. The Balaban J connectivity index is 0.00000400. The molecule has 0 aliphatic rings. The monoisotopic (exact) mass is 319 g/mol. The van der Waals surface area contributed by atoms with Crippen LogP contribution in [0.1, 0.15) is 24.8 Å². The molecule has 0 radical (unpaired) electrons. The molecule has 0 saturated carbocycles. The molecule has 0 spiro atoms. The average Bonchev–Trinajstić information content (AvgIpc) is 2.49. The number of unbranched alkanes of at least 4 members (excludes halogenated alkanes) is 2. The van der Waals surface area contributed by atoms with Gasteiger partial charge >= 0.3 is 0 Å². The molecular weight excluding hydrogens is 294 g/mol. The molecule has 0 aliphatic carbocycles. The molecule has 6 heteroatoms. The van der Waals surface area contributed by atoms with Gasteiger partial charge in [-0.2, -0.15) is 0 Å². The van der Waals surface area contributed by atoms with Crippen LogP contribution in [0.3, 0.4) is 0 Å². The maximum absolute atomic E-state index is 8.71. The molecule has 0 amide bonds. The molecule has 0 atom stereocenters. The molecule has 1 aromatic rings. The van der Waals surface area contributed by atoms with E-state index in [1.54, 1.807) is 21.3 Å². The van der Waals surface area contributed by atoms with E-state index in [1.807, 2.05) is 12.1 Å². The lowest BCUT2D eigenvalue weighted by Gasteiger charge is -2.14. The third-order valence-corrected chi connectivity index (χ3v) is 3.11. The van der Waals surface area contributed by atoms with Gasteiger partial charge in [0, 0.05) is 24.8 Å². The summed E-state index contributed by atoms with van der Waals surface area (Å²) in [7, 11) is 4.87. The molecule has 0 fully saturated rings. The molecule has 0 aliphatic heterocycles. The summed E-state index contributed by atoms with van der Waals surface area (Å²) in [5.41, 5.74) is 1.03. The van der Waals surface area contributed by atoms with E-state index in [-0.39, 0.29) is 19.0 Å². The van der Waals surface area contributed by atoms with Crippen molar-refractivity contribution < 1.29 is 19.3 Å². The molecule has 122 valence electrons. The largest absolute Gasteiger partial charge is 0.496 e. The van der Waals surface area contributed by atoms with E-state index in [4.69, 9.17) is 19.3 Å². The van der Waals surface area contributed by atoms with Crippen LogP contribution in [0, 0.1) is 0 Å². The third kappa shape index (κ3) is 6.42. The number of hydrogen-bond acceptors (Lipinski definition) is 5. The zero-order valence-electron chi connectivity index (χ0n) is 13.0. The van der Waals surface area contributed by atoms with Crippen molar-refractivity contribution in [1.82, 2.24) is 5.32 Å². The van der Waals surface area contributed by atoms with Crippen molar-refractivity contribution in [2.75, 3.05) is 34.5 Å². The lowest BCUT2D eigenvalue weighted by atomic mass is 10.1. The fourth-order valence-electron chi connectivity index (χ4n) is 1.99. The summed E-state index contributed by atoms with van der Waals surface area (Å²) >= 11 is 0. The van der Waals surface area contributed by atoms with Crippen LogP contribution in [0.25, 0.3) is 0 Å². The molecule has 2 N–H and O–H groups in total. The highest BCUT2D eigenvalue weighted by molar-refractivity contribution is 5.85. The number of aliphatic hydroxyl groups is 1. The molecule has 0 saturated heterocycles. The number of benzene rings is 1. The van der Waals surface area contributed by atoms with E-state index in [0.29, 0.717) is 18.0 Å². The first kappa shape index (κ1) is 19.8. The Morgan fingerprint density at radius 1 is 0.905 bits per heavy atom. The third-order valence-electron chi connectivity index (χ3n) is 3.11. The van der Waals surface area contributed by atoms with Gasteiger partial charge in [-0.3, -0.25) is 0 Å². The first-order valence-electron chi connectivity index (χ1n) is 6.87. The summed E-state index contributed by atoms with van der Waals surface area (Å²) in [6, 6.07) is 3.76. The maximum atomic E-state index is 8.71. The molecule has 1 rings (SSSR count). The quantitative estimate of drug-likeness (QED) is 0.648. The van der Waals surface area contributed by atoms with E-state index in [9.17, 15) is 0 Å². The van der Waals surface area contributed by atoms with Gasteiger partial charge in [0.25, 0.3) is 0 Å². The molecule has 0 aromatic heterocycles. The average molecular weight is 320 g/mol. The standard InChI is InChI=1S/C15H25NO4.ClH/c1-18-13-10-15(20-3)14(19-2)9-12(13)11-16-7-5-4-6-8-17;/h9-10,16-17H,4-8,11H2,1-3H3;1H. The SMILES string of the molecule is COc1cc(OC)c(OC)cc1CNCCCCCO.Cl. The fourth-order valence-corrected chi connectivity index (χ4v) is 1.99. The van der Waals surface area contributed by atoms with Gasteiger partial charge in [0.1, 0.15) is 5.75 Å². The summed E-state index contributed by atoms with van der Waals surface area (Å²) in [6.45, 7) is 1.89. The number of methoxy groups -OCH3 is 3. The van der Waals surface area contributed by atoms with E-state index < -0.39 is 0 Å². The highest BCUT2D eigenvalue weighted by Gasteiger charge is 2.11. The van der Waals surface area contributed by atoms with Gasteiger partial charge in [0.05, 0.1) is 21.3 Å². The van der Waals surface area contributed by atoms with Gasteiger partial charge in [0.2, 0.25) is 0 Å². The van der Waals surface area contributed by atoms with Crippen molar-refractivity contribution in [1.29, 1.82) is 0 Å². The van der Waals surface area contributed by atoms with E-state index >= 15 is 0 Å². The van der Waals surface area contributed by atoms with Gasteiger partial charge in [0.15, 0.2) is 11.5 Å². The highest BCUT2D eigenvalue weighted by atomic mass is 35.5. The van der Waals surface area contributed by atoms with Crippen LogP contribution < -0.4 is 19.5 Å². The van der Waals surface area contributed by atoms with Crippen LogP contribution in [-0.4, -0.2) is 39.6 Å². The van der Waals surface area contributed by atoms with Crippen molar-refractivity contribution in [3.05, 3.63) is 17.7 Å². The summed E-state index contributed by atoms with van der Waals surface area (Å²) in [5, 5.41) is 12.1. The van der Waals surface area contributed by atoms with Crippen molar-refractivity contribution in [2.45, 2.75) is 25.8 Å². The molecule has 1 aromatic carbocycles. The zero-order chi connectivity index (χ0) is 14.8. The summed E-state index contributed by atoms with van der Waals surface area (Å²) in [5.74, 6) is 2.15. The van der Waals surface area contributed by atoms with Gasteiger partial charge in [-0.1, -0.05) is 0 Å². The summed E-state index contributed by atoms with van der Waals surface area (Å²) in [4.78, 5) is 0. The Kier molecular flexibility index (Phi) is 10.8. The number of ether oxygens (including phenoxy) is 3. The molecule has 0 heterocycles. The minimum atomic E-state index is 0. The predicted molar refractivity (Wildman–Crippen MR) is 86.0 cm³/mol. The number of rotatable bonds is 10. The van der Waals surface area contributed by atoms with Crippen molar-refractivity contribution in [3.63, 3.8) is 0 Å². The van der Waals surface area contributed by atoms with Gasteiger partial charge in [-0.25, -0.2) is 0 Å². The summed E-state index contributed by atoms with van der Waals surface area (Å²) < 4.78 is 15.9. The van der Waals surface area contributed by atoms with Crippen LogP contribution in [0.15, 0.2) is 12.1 Å². The first-order valence-corrected chi connectivity index (χ1v) is 6.87. The van der Waals surface area contributed by atoms with Crippen LogP contribution in [0.5, 0.6) is 17.2 Å². The second kappa shape index (κ2) is 11.5. The first-order chi connectivity index (χ1) is 9.76. The minimum Gasteiger partial charge on any atom is -0.496 e. The fraction of sp³-hybridized carbons (Fsp3) is 0.600. The van der Waals surface area contributed by atoms with Gasteiger partial charge < -0.3 is 24.6 Å². The molecule has 5 nitrogen and oxygen atoms in total. The van der Waals surface area contributed by atoms with Crippen molar-refractivity contribution in [3.8, 4) is 17.2 Å². The van der Waals surface area contributed by atoms with Crippen LogP contribution in [0.4, 0.5) is 0 Å². The molecule has 0 unspecified atom stereocenters. The Morgan fingerprint density at radius 3 is 2.10 bits per heavy atom. The minimum absolute atomic E-state index is 0. The molecule has 21 heavy (non-hydrogen) atoms. The Hall–Kier alpha value is -1.17. The Labute approximate surface area is 133 Å². The Bertz CT molecular complexity index is 402. The molecule has 0 bridgehead atoms. The normalized spacial score (nSPS) is 9.90. The molecular formula is C15H26ClNO4. The number of aliphatic hydroxyl groups excluding tert-OH is 1. The van der Waals surface area contributed by atoms with Crippen molar-refractivity contribution in [2.24, 2.45) is 0 Å². The van der Waals surface area contributed by atoms with Crippen molar-refractivity contribution >= 4 is 12.4 Å². The zero-order valence-corrected chi connectivity index (χ0v) is 13.8. The van der Waals surface area contributed by atoms with Crippen LogP contribution in [0.2, 0.25) is 0 Å². The topological polar surface area (TPSA) is 60.0 Å². The van der Waals surface area contributed by atoms with Gasteiger partial charge in [-0.15, -0.1) is 12.4 Å². The Morgan fingerprint density at radius 2 is 1.52 bits per heavy atom.